The molecular weight excluding hydrogens is 334 g/mol. The van der Waals surface area contributed by atoms with E-state index in [2.05, 4.69) is 67.1 Å². The molecule has 1 aromatic carbocycles. The zero-order chi connectivity index (χ0) is 19.3. The highest BCUT2D eigenvalue weighted by atomic mass is 16.3. The molecule has 0 amide bonds. The van der Waals surface area contributed by atoms with E-state index in [-0.39, 0.29) is 5.41 Å². The van der Waals surface area contributed by atoms with Crippen LogP contribution in [-0.4, -0.2) is 42.5 Å². The first-order chi connectivity index (χ1) is 13.0. The van der Waals surface area contributed by atoms with Gasteiger partial charge in [-0.05, 0) is 50.4 Å². The fourth-order valence-electron chi connectivity index (χ4n) is 4.63. The summed E-state index contributed by atoms with van der Waals surface area (Å²) in [6, 6.07) is 17.7. The molecular formula is C23H31N3O. The van der Waals surface area contributed by atoms with Gasteiger partial charge in [-0.25, -0.2) is 0 Å². The number of hydrogen-bond acceptors (Lipinski definition) is 4. The minimum Gasteiger partial charge on any atom is -0.468 e. The molecule has 1 saturated heterocycles. The molecule has 144 valence electrons. The molecule has 2 heterocycles. The average Bonchev–Trinajstić information content (AvgIpc) is 3.17. The Balaban J connectivity index is 1.82. The number of furan rings is 1. The lowest BCUT2D eigenvalue weighted by molar-refractivity contribution is 0.0607. The summed E-state index contributed by atoms with van der Waals surface area (Å²) in [6.45, 7) is 7.83. The fraction of sp³-hybridized carbons (Fsp3) is 0.522. The third kappa shape index (κ3) is 4.43. The van der Waals surface area contributed by atoms with Crippen LogP contribution in [0.5, 0.6) is 0 Å². The maximum Gasteiger partial charge on any atom is 0.117 e. The van der Waals surface area contributed by atoms with Crippen LogP contribution in [0.15, 0.2) is 53.1 Å². The lowest BCUT2D eigenvalue weighted by Gasteiger charge is -2.50. The summed E-state index contributed by atoms with van der Waals surface area (Å²) in [5.74, 6) is 1.48. The van der Waals surface area contributed by atoms with Crippen molar-refractivity contribution in [3.8, 4) is 6.07 Å². The highest BCUT2D eigenvalue weighted by Crippen LogP contribution is 2.44. The molecule has 1 fully saturated rings. The van der Waals surface area contributed by atoms with E-state index in [1.165, 1.54) is 5.56 Å². The van der Waals surface area contributed by atoms with Gasteiger partial charge >= 0.3 is 0 Å². The summed E-state index contributed by atoms with van der Waals surface area (Å²) in [7, 11) is 2.23. The molecule has 0 bridgehead atoms. The molecule has 3 atom stereocenters. The van der Waals surface area contributed by atoms with Crippen molar-refractivity contribution in [2.24, 2.45) is 5.92 Å². The van der Waals surface area contributed by atoms with Gasteiger partial charge in [-0.15, -0.1) is 0 Å². The number of rotatable bonds is 7. The van der Waals surface area contributed by atoms with Gasteiger partial charge in [-0.1, -0.05) is 37.3 Å². The van der Waals surface area contributed by atoms with Crippen molar-refractivity contribution in [1.29, 1.82) is 5.26 Å². The van der Waals surface area contributed by atoms with E-state index in [0.717, 1.165) is 31.7 Å². The number of nitriles is 1. The minimum atomic E-state index is 0.143. The molecule has 4 nitrogen and oxygen atoms in total. The van der Waals surface area contributed by atoms with Crippen molar-refractivity contribution in [3.05, 3.63) is 60.1 Å². The molecule has 27 heavy (non-hydrogen) atoms. The van der Waals surface area contributed by atoms with Crippen molar-refractivity contribution in [2.45, 2.75) is 44.7 Å². The van der Waals surface area contributed by atoms with E-state index in [1.807, 2.05) is 12.1 Å². The molecule has 0 unspecified atom stereocenters. The molecule has 1 aromatic heterocycles. The van der Waals surface area contributed by atoms with Crippen LogP contribution in [0, 0.1) is 17.2 Å². The van der Waals surface area contributed by atoms with Gasteiger partial charge in [0, 0.05) is 24.5 Å². The summed E-state index contributed by atoms with van der Waals surface area (Å²) in [5.41, 5.74) is 1.58. The Morgan fingerprint density at radius 3 is 2.67 bits per heavy atom. The molecule has 0 radical (unpaired) electrons. The Morgan fingerprint density at radius 1 is 1.22 bits per heavy atom. The van der Waals surface area contributed by atoms with Crippen LogP contribution in [0.25, 0.3) is 0 Å². The maximum absolute atomic E-state index is 9.28. The molecule has 2 aromatic rings. The Hall–Kier alpha value is -2.09. The Morgan fingerprint density at radius 2 is 2.00 bits per heavy atom. The van der Waals surface area contributed by atoms with Crippen LogP contribution in [0.4, 0.5) is 0 Å². The van der Waals surface area contributed by atoms with Crippen molar-refractivity contribution in [3.63, 3.8) is 0 Å². The first kappa shape index (κ1) is 19.7. The number of hydrogen-bond donors (Lipinski definition) is 0. The molecule has 1 aliphatic heterocycles. The van der Waals surface area contributed by atoms with E-state index < -0.39 is 0 Å². The third-order valence-electron chi connectivity index (χ3n) is 6.39. The first-order valence-electron chi connectivity index (χ1n) is 9.92. The average molecular weight is 366 g/mol. The summed E-state index contributed by atoms with van der Waals surface area (Å²) in [5, 5.41) is 9.28. The predicted octanol–water partition coefficient (Wildman–Crippen LogP) is 4.29. The number of benzene rings is 1. The summed E-state index contributed by atoms with van der Waals surface area (Å²) in [4.78, 5) is 4.68. The second kappa shape index (κ2) is 8.73. The number of likely N-dealkylation sites (tertiary alicyclic amines) is 1. The van der Waals surface area contributed by atoms with Crippen LogP contribution in [0.3, 0.4) is 0 Å². The normalized spacial score (nSPS) is 26.2. The standard InChI is InChI=1S/C23H31N3O/c1-19-17-25(3)20(2)16-23(19,21-8-5-4-6-9-21)11-13-26(14-12-24)18-22-10-7-15-27-22/h4-10,15,19-20H,11,13-14,16-18H2,1-3H3/t19-,20+,23-/m1/s1. The van der Waals surface area contributed by atoms with Crippen LogP contribution < -0.4 is 0 Å². The second-order valence-electron chi connectivity index (χ2n) is 8.11. The van der Waals surface area contributed by atoms with Gasteiger partial charge in [-0.2, -0.15) is 5.26 Å². The van der Waals surface area contributed by atoms with E-state index in [0.29, 0.717) is 25.0 Å². The van der Waals surface area contributed by atoms with E-state index in [1.54, 1.807) is 6.26 Å². The predicted molar refractivity (Wildman–Crippen MR) is 108 cm³/mol. The number of nitrogens with zero attached hydrogens (tertiary/aromatic N) is 3. The fourth-order valence-corrected chi connectivity index (χ4v) is 4.63. The molecule has 3 rings (SSSR count). The van der Waals surface area contributed by atoms with E-state index in [9.17, 15) is 5.26 Å². The van der Waals surface area contributed by atoms with Gasteiger partial charge in [0.25, 0.3) is 0 Å². The molecule has 0 N–H and O–H groups in total. The van der Waals surface area contributed by atoms with Crippen molar-refractivity contribution >= 4 is 0 Å². The minimum absolute atomic E-state index is 0.143. The maximum atomic E-state index is 9.28. The van der Waals surface area contributed by atoms with Gasteiger partial charge in [0.2, 0.25) is 0 Å². The van der Waals surface area contributed by atoms with Crippen LogP contribution in [0.1, 0.15) is 38.0 Å². The summed E-state index contributed by atoms with van der Waals surface area (Å²) < 4.78 is 5.51. The molecule has 1 aliphatic rings. The Labute approximate surface area is 163 Å². The smallest absolute Gasteiger partial charge is 0.117 e. The van der Waals surface area contributed by atoms with Crippen LogP contribution in [-0.2, 0) is 12.0 Å². The van der Waals surface area contributed by atoms with Gasteiger partial charge in [-0.3, -0.25) is 4.90 Å². The topological polar surface area (TPSA) is 43.4 Å². The zero-order valence-corrected chi connectivity index (χ0v) is 16.8. The van der Waals surface area contributed by atoms with Crippen molar-refractivity contribution in [1.82, 2.24) is 9.80 Å². The summed E-state index contributed by atoms with van der Waals surface area (Å²) >= 11 is 0. The highest BCUT2D eigenvalue weighted by Gasteiger charge is 2.43. The first-order valence-corrected chi connectivity index (χ1v) is 9.92. The Bertz CT molecular complexity index is 737. The van der Waals surface area contributed by atoms with Crippen molar-refractivity contribution in [2.75, 3.05) is 26.7 Å². The monoisotopic (exact) mass is 365 g/mol. The largest absolute Gasteiger partial charge is 0.468 e. The zero-order valence-electron chi connectivity index (χ0n) is 16.8. The highest BCUT2D eigenvalue weighted by molar-refractivity contribution is 5.28. The van der Waals surface area contributed by atoms with Crippen molar-refractivity contribution < 1.29 is 4.42 Å². The molecule has 0 spiro atoms. The van der Waals surface area contributed by atoms with E-state index in [4.69, 9.17) is 4.42 Å². The summed E-state index contributed by atoms with van der Waals surface area (Å²) in [6.07, 6.45) is 3.90. The third-order valence-corrected chi connectivity index (χ3v) is 6.39. The van der Waals surface area contributed by atoms with E-state index >= 15 is 0 Å². The Kier molecular flexibility index (Phi) is 6.36. The molecule has 4 heteroatoms. The molecule has 0 aliphatic carbocycles. The number of piperidine rings is 1. The molecule has 0 saturated carbocycles. The van der Waals surface area contributed by atoms with Crippen LogP contribution >= 0.6 is 0 Å². The lowest BCUT2D eigenvalue weighted by atomic mass is 9.63. The lowest BCUT2D eigenvalue weighted by Crippen LogP contribution is -2.52. The van der Waals surface area contributed by atoms with Gasteiger partial charge in [0.1, 0.15) is 5.76 Å². The van der Waals surface area contributed by atoms with Gasteiger partial charge < -0.3 is 9.32 Å². The quantitative estimate of drug-likeness (QED) is 0.687. The van der Waals surface area contributed by atoms with Gasteiger partial charge in [0.15, 0.2) is 0 Å². The SMILES string of the molecule is C[C@@H]1CN(C)[C@@H](C)C[C@@]1(CCN(CC#N)Cc1ccco1)c1ccccc1. The van der Waals surface area contributed by atoms with Crippen LogP contribution in [0.2, 0.25) is 0 Å². The van der Waals surface area contributed by atoms with Gasteiger partial charge in [0.05, 0.1) is 25.4 Å². The second-order valence-corrected chi connectivity index (χ2v) is 8.11.